The highest BCUT2D eigenvalue weighted by molar-refractivity contribution is 7.13. The predicted molar refractivity (Wildman–Crippen MR) is 90.2 cm³/mol. The Hall–Kier alpha value is -2.52. The Morgan fingerprint density at radius 1 is 1.36 bits per heavy atom. The fourth-order valence-corrected chi connectivity index (χ4v) is 3.63. The number of carbonyl (C=O) groups excluding carboxylic acids is 1. The normalized spacial score (nSPS) is 16.2. The van der Waals surface area contributed by atoms with Crippen molar-refractivity contribution in [1.29, 1.82) is 0 Å². The number of hydrogen-bond acceptors (Lipinski definition) is 8. The van der Waals surface area contributed by atoms with Crippen LogP contribution in [0.25, 0.3) is 0 Å². The molecular formula is C16H17N5O3S. The number of nitrogens with two attached hydrogens (primary N) is 1. The number of rotatable bonds is 5. The summed E-state index contributed by atoms with van der Waals surface area (Å²) >= 11 is 1.33. The minimum absolute atomic E-state index is 0.239. The van der Waals surface area contributed by atoms with Crippen molar-refractivity contribution in [2.75, 3.05) is 5.32 Å². The molecule has 3 N–H and O–H groups in total. The average Bonchev–Trinajstić information content (AvgIpc) is 3.35. The zero-order valence-electron chi connectivity index (χ0n) is 13.4. The summed E-state index contributed by atoms with van der Waals surface area (Å²) in [5.41, 5.74) is 6.61. The van der Waals surface area contributed by atoms with Crippen LogP contribution >= 0.6 is 11.3 Å². The number of furan rings is 1. The molecular weight excluding hydrogens is 342 g/mol. The molecule has 0 atom stereocenters. The van der Waals surface area contributed by atoms with Crippen LogP contribution in [0.5, 0.6) is 0 Å². The number of carbonyl (C=O) groups is 1. The summed E-state index contributed by atoms with van der Waals surface area (Å²) in [6, 6.07) is 3.25. The summed E-state index contributed by atoms with van der Waals surface area (Å²) < 4.78 is 10.4. The van der Waals surface area contributed by atoms with Crippen molar-refractivity contribution in [2.45, 2.75) is 37.6 Å². The lowest BCUT2D eigenvalue weighted by molar-refractivity contribution is 0.0996. The third-order valence-electron chi connectivity index (χ3n) is 4.26. The Labute approximate surface area is 147 Å². The fourth-order valence-electron chi connectivity index (χ4n) is 2.93. The minimum Gasteiger partial charge on any atom is -0.459 e. The first kappa shape index (κ1) is 16.0. The molecule has 1 fully saturated rings. The Kier molecular flexibility index (Phi) is 4.10. The molecule has 0 bridgehead atoms. The van der Waals surface area contributed by atoms with Crippen molar-refractivity contribution in [1.82, 2.24) is 15.1 Å². The largest absolute Gasteiger partial charge is 0.459 e. The van der Waals surface area contributed by atoms with Crippen LogP contribution in [0.1, 0.15) is 53.6 Å². The summed E-state index contributed by atoms with van der Waals surface area (Å²) in [6.07, 6.45) is 5.79. The summed E-state index contributed by atoms with van der Waals surface area (Å²) in [4.78, 5) is 20.7. The maximum atomic E-state index is 11.9. The molecule has 25 heavy (non-hydrogen) atoms. The third-order valence-corrected chi connectivity index (χ3v) is 5.07. The van der Waals surface area contributed by atoms with E-state index in [1.54, 1.807) is 12.1 Å². The predicted octanol–water partition coefficient (Wildman–Crippen LogP) is 2.69. The van der Waals surface area contributed by atoms with Crippen molar-refractivity contribution < 1.29 is 13.7 Å². The number of amides is 1. The van der Waals surface area contributed by atoms with Gasteiger partial charge in [-0.05, 0) is 25.0 Å². The van der Waals surface area contributed by atoms with Crippen molar-refractivity contribution >= 4 is 22.4 Å². The van der Waals surface area contributed by atoms with Crippen molar-refractivity contribution in [2.24, 2.45) is 5.73 Å². The summed E-state index contributed by atoms with van der Waals surface area (Å²) in [7, 11) is 0. The fraction of sp³-hybridized carbons (Fsp3) is 0.375. The highest BCUT2D eigenvalue weighted by atomic mass is 32.1. The molecule has 1 saturated carbocycles. The quantitative estimate of drug-likeness (QED) is 0.718. The second kappa shape index (κ2) is 6.41. The summed E-state index contributed by atoms with van der Waals surface area (Å²) in [5.74, 6) is 0.947. The smallest absolute Gasteiger partial charge is 0.293 e. The molecule has 3 aromatic heterocycles. The van der Waals surface area contributed by atoms with Crippen LogP contribution in [-0.2, 0) is 12.0 Å². The molecule has 0 radical (unpaired) electrons. The topological polar surface area (TPSA) is 120 Å². The van der Waals surface area contributed by atoms with Crippen LogP contribution < -0.4 is 11.1 Å². The molecule has 0 unspecified atom stereocenters. The highest BCUT2D eigenvalue weighted by Gasteiger charge is 2.35. The van der Waals surface area contributed by atoms with Gasteiger partial charge < -0.3 is 14.7 Å². The first-order valence-corrected chi connectivity index (χ1v) is 8.92. The number of nitrogens with zero attached hydrogens (tertiary/aromatic N) is 3. The van der Waals surface area contributed by atoms with Gasteiger partial charge in [0.1, 0.15) is 0 Å². The lowest BCUT2D eigenvalue weighted by Gasteiger charge is -2.17. The van der Waals surface area contributed by atoms with E-state index in [-0.39, 0.29) is 11.7 Å². The van der Waals surface area contributed by atoms with Crippen molar-refractivity contribution in [3.63, 3.8) is 0 Å². The van der Waals surface area contributed by atoms with E-state index in [0.29, 0.717) is 23.3 Å². The van der Waals surface area contributed by atoms with Gasteiger partial charge in [0.05, 0.1) is 23.9 Å². The van der Waals surface area contributed by atoms with Gasteiger partial charge in [0.2, 0.25) is 5.89 Å². The molecule has 1 amide bonds. The summed E-state index contributed by atoms with van der Waals surface area (Å²) in [6.45, 7) is 0. The average molecular weight is 359 g/mol. The first-order chi connectivity index (χ1) is 12.1. The molecule has 1 aliphatic rings. The third kappa shape index (κ3) is 3.33. The van der Waals surface area contributed by atoms with E-state index in [1.807, 2.05) is 5.38 Å². The van der Waals surface area contributed by atoms with E-state index < -0.39 is 5.54 Å². The number of thiazole rings is 1. The molecule has 1 aliphatic carbocycles. The van der Waals surface area contributed by atoms with Gasteiger partial charge in [-0.15, -0.1) is 11.3 Å². The number of hydrogen-bond donors (Lipinski definition) is 2. The van der Waals surface area contributed by atoms with Gasteiger partial charge in [-0.1, -0.05) is 18.0 Å². The van der Waals surface area contributed by atoms with Crippen molar-refractivity contribution in [3.05, 3.63) is 46.9 Å². The van der Waals surface area contributed by atoms with Crippen LogP contribution in [0.4, 0.5) is 5.13 Å². The van der Waals surface area contributed by atoms with E-state index >= 15 is 0 Å². The van der Waals surface area contributed by atoms with Crippen LogP contribution in [0.2, 0.25) is 0 Å². The SMILES string of the molecule is NC1(c2noc(Cc3csc(NC(=O)c4ccco4)n3)n2)CCCC1. The molecule has 9 heteroatoms. The van der Waals surface area contributed by atoms with Gasteiger partial charge in [0.15, 0.2) is 16.7 Å². The molecule has 3 aromatic rings. The Morgan fingerprint density at radius 2 is 2.20 bits per heavy atom. The lowest BCUT2D eigenvalue weighted by Crippen LogP contribution is -2.34. The molecule has 8 nitrogen and oxygen atoms in total. The second-order valence-electron chi connectivity index (χ2n) is 6.13. The van der Waals surface area contributed by atoms with E-state index in [4.69, 9.17) is 14.7 Å². The maximum Gasteiger partial charge on any atom is 0.293 e. The van der Waals surface area contributed by atoms with E-state index in [2.05, 4.69) is 20.4 Å². The van der Waals surface area contributed by atoms with Gasteiger partial charge in [-0.2, -0.15) is 4.98 Å². The van der Waals surface area contributed by atoms with Gasteiger partial charge in [0.25, 0.3) is 5.91 Å². The summed E-state index contributed by atoms with van der Waals surface area (Å²) in [5, 5.41) is 9.06. The van der Waals surface area contributed by atoms with E-state index in [9.17, 15) is 4.79 Å². The first-order valence-electron chi connectivity index (χ1n) is 8.04. The molecule has 0 aromatic carbocycles. The van der Waals surface area contributed by atoms with Crippen LogP contribution in [0.15, 0.2) is 32.7 Å². The van der Waals surface area contributed by atoms with Gasteiger partial charge in [-0.3, -0.25) is 10.1 Å². The Morgan fingerprint density at radius 3 is 2.96 bits per heavy atom. The molecule has 0 spiro atoms. The standard InChI is InChI=1S/C16H17N5O3S/c17-16(5-1-2-6-16)14-19-12(24-21-14)8-10-9-25-15(18-10)20-13(22)11-4-3-7-23-11/h3-4,7,9H,1-2,5-6,8,17H2,(H,18,20,22). The highest BCUT2D eigenvalue weighted by Crippen LogP contribution is 2.34. The minimum atomic E-state index is -0.466. The lowest BCUT2D eigenvalue weighted by atomic mass is 9.99. The zero-order chi connectivity index (χ0) is 17.3. The van der Waals surface area contributed by atoms with Crippen molar-refractivity contribution in [3.8, 4) is 0 Å². The van der Waals surface area contributed by atoms with Gasteiger partial charge >= 0.3 is 0 Å². The monoisotopic (exact) mass is 359 g/mol. The second-order valence-corrected chi connectivity index (χ2v) is 6.99. The molecule has 4 rings (SSSR count). The maximum absolute atomic E-state index is 11.9. The van der Waals surface area contributed by atoms with Gasteiger partial charge in [0, 0.05) is 5.38 Å². The zero-order valence-corrected chi connectivity index (χ0v) is 14.2. The van der Waals surface area contributed by atoms with Crippen LogP contribution in [0.3, 0.4) is 0 Å². The molecule has 3 heterocycles. The molecule has 0 aliphatic heterocycles. The van der Waals surface area contributed by atoms with Gasteiger partial charge in [-0.25, -0.2) is 4.98 Å². The van der Waals surface area contributed by atoms with E-state index in [1.165, 1.54) is 17.6 Å². The Balaban J connectivity index is 1.41. The van der Waals surface area contributed by atoms with Crippen LogP contribution in [-0.4, -0.2) is 21.0 Å². The van der Waals surface area contributed by atoms with Crippen LogP contribution in [0, 0.1) is 0 Å². The van der Waals surface area contributed by atoms with E-state index in [0.717, 1.165) is 31.4 Å². The number of aromatic nitrogens is 3. The number of nitrogens with one attached hydrogen (secondary N) is 1. The molecule has 0 saturated heterocycles. The molecule has 130 valence electrons. The Bertz CT molecular complexity index is 864. The number of anilines is 1.